The molecule has 1 fully saturated rings. The molecule has 5 N–H and O–H groups in total. The Morgan fingerprint density at radius 1 is 1.18 bits per heavy atom. The van der Waals surface area contributed by atoms with Crippen LogP contribution in [0.3, 0.4) is 0 Å². The van der Waals surface area contributed by atoms with Gasteiger partial charge in [0.15, 0.2) is 9.84 Å². The molecule has 1 aliphatic rings. The number of carbonyl (C=O) groups excluding carboxylic acids is 1. The molecule has 0 spiro atoms. The molecular formula is C16H24N4O6S2. The highest BCUT2D eigenvalue weighted by atomic mass is 32.2. The summed E-state index contributed by atoms with van der Waals surface area (Å²) in [4.78, 5) is 14.9. The van der Waals surface area contributed by atoms with Gasteiger partial charge in [-0.05, 0) is 25.1 Å². The maximum Gasteiger partial charge on any atom is 0.298 e. The molecule has 1 aromatic rings. The van der Waals surface area contributed by atoms with E-state index in [4.69, 9.17) is 11.5 Å². The van der Waals surface area contributed by atoms with Crippen LogP contribution < -0.4 is 16.4 Å². The number of hydrogen-bond donors (Lipinski definition) is 3. The fourth-order valence-electron chi connectivity index (χ4n) is 3.14. The number of hydrogen-bond acceptors (Lipinski definition) is 8. The monoisotopic (exact) mass is 432 g/mol. The average molecular weight is 433 g/mol. The van der Waals surface area contributed by atoms with Crippen LogP contribution in [0.15, 0.2) is 29.0 Å². The van der Waals surface area contributed by atoms with Gasteiger partial charge in [-0.25, -0.2) is 8.42 Å². The van der Waals surface area contributed by atoms with Crippen molar-refractivity contribution in [1.29, 1.82) is 0 Å². The topological polar surface area (TPSA) is 164 Å². The van der Waals surface area contributed by atoms with E-state index >= 15 is 0 Å². The van der Waals surface area contributed by atoms with Gasteiger partial charge in [-0.2, -0.15) is 8.42 Å². The molecular weight excluding hydrogens is 408 g/mol. The summed E-state index contributed by atoms with van der Waals surface area (Å²) in [5.41, 5.74) is 10.9. The lowest BCUT2D eigenvalue weighted by Crippen LogP contribution is -2.47. The van der Waals surface area contributed by atoms with Gasteiger partial charge in [0, 0.05) is 31.6 Å². The normalized spacial score (nSPS) is 16.1. The number of primary amides is 1. The minimum Gasteiger partial charge on any atom is -0.398 e. The molecule has 0 atom stereocenters. The summed E-state index contributed by atoms with van der Waals surface area (Å²) >= 11 is 0. The number of rotatable bonds is 8. The van der Waals surface area contributed by atoms with Crippen LogP contribution >= 0.6 is 0 Å². The molecule has 1 heterocycles. The molecule has 156 valence electrons. The third-order valence-electron chi connectivity index (χ3n) is 4.53. The molecule has 2 rings (SSSR count). The molecule has 0 radical (unpaired) electrons. The number of nitrogens with zero attached hydrogens (tertiary/aromatic N) is 2. The second-order valence-electron chi connectivity index (χ2n) is 6.44. The van der Waals surface area contributed by atoms with E-state index in [2.05, 4.69) is 6.58 Å². The number of sulfone groups is 1. The second-order valence-corrected chi connectivity index (χ2v) is 9.86. The molecule has 1 saturated heterocycles. The highest BCUT2D eigenvalue weighted by molar-refractivity contribution is 7.94. The van der Waals surface area contributed by atoms with Crippen molar-refractivity contribution in [2.24, 2.45) is 5.73 Å². The zero-order valence-corrected chi connectivity index (χ0v) is 16.9. The van der Waals surface area contributed by atoms with Crippen molar-refractivity contribution < 1.29 is 26.2 Å². The Morgan fingerprint density at radius 2 is 1.79 bits per heavy atom. The van der Waals surface area contributed by atoms with Gasteiger partial charge in [0.25, 0.3) is 16.0 Å². The van der Waals surface area contributed by atoms with E-state index in [0.717, 1.165) is 5.41 Å². The number of anilines is 2. The Labute approximate surface area is 164 Å². The van der Waals surface area contributed by atoms with Crippen LogP contribution in [0.2, 0.25) is 0 Å². The van der Waals surface area contributed by atoms with Crippen LogP contribution in [-0.2, 0) is 20.0 Å². The predicted molar refractivity (Wildman–Crippen MR) is 106 cm³/mol. The van der Waals surface area contributed by atoms with Crippen LogP contribution in [-0.4, -0.2) is 70.7 Å². The minimum absolute atomic E-state index is 0.00462. The largest absolute Gasteiger partial charge is 0.398 e. The van der Waals surface area contributed by atoms with Gasteiger partial charge in [-0.15, -0.1) is 0 Å². The first-order valence-corrected chi connectivity index (χ1v) is 11.6. The Morgan fingerprint density at radius 3 is 2.29 bits per heavy atom. The number of benzene rings is 1. The maximum atomic E-state index is 11.8. The smallest absolute Gasteiger partial charge is 0.298 e. The van der Waals surface area contributed by atoms with Crippen molar-refractivity contribution >= 4 is 37.2 Å². The standard InChI is InChI=1S/C16H24N4O6S2/c1-2-27(22,23)11-3-6-19-7-9-20(10-8-19)14-12(16(18)21)4-5-13(17)15(14)28(24,25)26/h2,4-5H,1,3,6-11,17H2,(H2,18,21)(H,24,25,26). The summed E-state index contributed by atoms with van der Waals surface area (Å²) in [7, 11) is -7.93. The van der Waals surface area contributed by atoms with Gasteiger partial charge in [0.2, 0.25) is 0 Å². The summed E-state index contributed by atoms with van der Waals surface area (Å²) in [5, 5.41) is 0.937. The minimum atomic E-state index is -4.68. The summed E-state index contributed by atoms with van der Waals surface area (Å²) in [5.74, 6) is -0.832. The lowest BCUT2D eigenvalue weighted by molar-refractivity contribution is 0.100. The number of piperazine rings is 1. The molecule has 0 bridgehead atoms. The lowest BCUT2D eigenvalue weighted by atomic mass is 10.1. The molecule has 1 amide bonds. The summed E-state index contributed by atoms with van der Waals surface area (Å²) in [6.45, 7) is 5.53. The lowest BCUT2D eigenvalue weighted by Gasteiger charge is -2.37. The van der Waals surface area contributed by atoms with E-state index in [0.29, 0.717) is 39.1 Å². The Hall–Kier alpha value is -2.15. The van der Waals surface area contributed by atoms with Crippen LogP contribution in [0.1, 0.15) is 16.8 Å². The fraction of sp³-hybridized carbons (Fsp3) is 0.438. The summed E-state index contributed by atoms with van der Waals surface area (Å²) in [6, 6.07) is 2.54. The first-order chi connectivity index (χ1) is 13.0. The van der Waals surface area contributed by atoms with Crippen LogP contribution in [0.4, 0.5) is 11.4 Å². The molecule has 1 aromatic carbocycles. The predicted octanol–water partition coefficient (Wildman–Crippen LogP) is -0.315. The zero-order valence-electron chi connectivity index (χ0n) is 15.2. The molecule has 1 aliphatic heterocycles. The molecule has 0 aromatic heterocycles. The molecule has 0 saturated carbocycles. The Kier molecular flexibility index (Phi) is 6.70. The van der Waals surface area contributed by atoms with E-state index in [1.54, 1.807) is 4.90 Å². The highest BCUT2D eigenvalue weighted by Gasteiger charge is 2.30. The Bertz CT molecular complexity index is 967. The van der Waals surface area contributed by atoms with Crippen molar-refractivity contribution in [2.45, 2.75) is 11.3 Å². The first-order valence-electron chi connectivity index (χ1n) is 8.48. The summed E-state index contributed by atoms with van der Waals surface area (Å²) in [6.07, 6.45) is 0.440. The van der Waals surface area contributed by atoms with Gasteiger partial charge in [-0.1, -0.05) is 6.58 Å². The number of carbonyl (C=O) groups is 1. The van der Waals surface area contributed by atoms with Gasteiger partial charge in [-0.3, -0.25) is 14.2 Å². The van der Waals surface area contributed by atoms with E-state index in [-0.39, 0.29) is 22.7 Å². The van der Waals surface area contributed by atoms with Crippen LogP contribution in [0, 0.1) is 0 Å². The number of nitrogens with two attached hydrogens (primary N) is 2. The second kappa shape index (κ2) is 8.47. The molecule has 10 nitrogen and oxygen atoms in total. The highest BCUT2D eigenvalue weighted by Crippen LogP contribution is 2.34. The van der Waals surface area contributed by atoms with Crippen molar-refractivity contribution in [2.75, 3.05) is 49.1 Å². The maximum absolute atomic E-state index is 11.8. The molecule has 28 heavy (non-hydrogen) atoms. The molecule has 0 unspecified atom stereocenters. The Balaban J connectivity index is 2.19. The average Bonchev–Trinajstić information content (AvgIpc) is 2.60. The number of nitrogen functional groups attached to an aromatic ring is 1. The first kappa shape index (κ1) is 22.1. The van der Waals surface area contributed by atoms with Crippen molar-refractivity contribution in [3.8, 4) is 0 Å². The van der Waals surface area contributed by atoms with E-state index in [1.165, 1.54) is 12.1 Å². The number of amides is 1. The van der Waals surface area contributed by atoms with Gasteiger partial charge >= 0.3 is 0 Å². The van der Waals surface area contributed by atoms with Crippen molar-refractivity contribution in [1.82, 2.24) is 4.90 Å². The third kappa shape index (κ3) is 5.22. The quantitative estimate of drug-likeness (QED) is 0.369. The van der Waals surface area contributed by atoms with Gasteiger partial charge < -0.3 is 16.4 Å². The zero-order chi connectivity index (χ0) is 21.1. The van der Waals surface area contributed by atoms with Gasteiger partial charge in [0.1, 0.15) is 4.90 Å². The van der Waals surface area contributed by atoms with Crippen molar-refractivity contribution in [3.05, 3.63) is 29.7 Å². The third-order valence-corrected chi connectivity index (χ3v) is 6.84. The van der Waals surface area contributed by atoms with E-state index in [1.807, 2.05) is 4.90 Å². The van der Waals surface area contributed by atoms with Crippen LogP contribution in [0.25, 0.3) is 0 Å². The van der Waals surface area contributed by atoms with Crippen molar-refractivity contribution in [3.63, 3.8) is 0 Å². The molecule has 12 heteroatoms. The van der Waals surface area contributed by atoms with E-state index in [9.17, 15) is 26.2 Å². The molecule has 0 aliphatic carbocycles. The fourth-order valence-corrected chi connectivity index (χ4v) is 4.69. The summed E-state index contributed by atoms with van der Waals surface area (Å²) < 4.78 is 56.2. The van der Waals surface area contributed by atoms with Gasteiger partial charge in [0.05, 0.1) is 22.7 Å². The van der Waals surface area contributed by atoms with Crippen LogP contribution in [0.5, 0.6) is 0 Å². The van der Waals surface area contributed by atoms with E-state index < -0.39 is 30.8 Å². The SMILES string of the molecule is C=CS(=O)(=O)CCCN1CCN(c2c(C(N)=O)ccc(N)c2S(=O)(=O)O)CC1.